The largest absolute Gasteiger partial charge is 0.497 e. The van der Waals surface area contributed by atoms with Gasteiger partial charge in [0.05, 0.1) is 19.1 Å². The number of ether oxygens (including phenoxy) is 2. The van der Waals surface area contributed by atoms with Gasteiger partial charge in [0, 0.05) is 42.4 Å². The summed E-state index contributed by atoms with van der Waals surface area (Å²) in [6.45, 7) is 0.124. The molecular formula is C17H17ClN2O5. The van der Waals surface area contributed by atoms with Crippen molar-refractivity contribution in [3.8, 4) is 11.5 Å². The topological polar surface area (TPSA) is 81.9 Å². The average molecular weight is 365 g/mol. The maximum atomic E-state index is 12.7. The molecule has 25 heavy (non-hydrogen) atoms. The fourth-order valence-electron chi connectivity index (χ4n) is 2.27. The number of carbonyl (C=O) groups is 1. The van der Waals surface area contributed by atoms with Gasteiger partial charge in [-0.05, 0) is 23.8 Å². The molecule has 0 radical (unpaired) electrons. The van der Waals surface area contributed by atoms with Gasteiger partial charge in [-0.3, -0.25) is 14.9 Å². The van der Waals surface area contributed by atoms with Crippen LogP contribution < -0.4 is 9.47 Å². The van der Waals surface area contributed by atoms with Crippen LogP contribution in [0.5, 0.6) is 11.5 Å². The first-order chi connectivity index (χ1) is 11.8. The second kappa shape index (κ2) is 7.85. The minimum atomic E-state index is -0.505. The molecule has 0 atom stereocenters. The molecule has 0 heterocycles. The van der Waals surface area contributed by atoms with E-state index in [4.69, 9.17) is 21.1 Å². The third kappa shape index (κ3) is 4.39. The zero-order chi connectivity index (χ0) is 18.6. The Balaban J connectivity index is 2.26. The first-order valence-electron chi connectivity index (χ1n) is 7.27. The predicted octanol–water partition coefficient (Wildman–Crippen LogP) is 3.54. The van der Waals surface area contributed by atoms with Gasteiger partial charge in [0.15, 0.2) is 0 Å². The van der Waals surface area contributed by atoms with E-state index in [0.29, 0.717) is 27.6 Å². The average Bonchev–Trinajstić information content (AvgIpc) is 2.61. The molecule has 0 fully saturated rings. The van der Waals surface area contributed by atoms with E-state index in [1.807, 2.05) is 0 Å². The van der Waals surface area contributed by atoms with Crippen molar-refractivity contribution >= 4 is 23.2 Å². The Morgan fingerprint density at radius 1 is 1.16 bits per heavy atom. The van der Waals surface area contributed by atoms with E-state index in [1.54, 1.807) is 25.2 Å². The molecule has 0 N–H and O–H groups in total. The van der Waals surface area contributed by atoms with Crippen LogP contribution in [-0.2, 0) is 6.54 Å². The molecule has 2 aromatic carbocycles. The lowest BCUT2D eigenvalue weighted by atomic mass is 10.1. The molecule has 0 aliphatic carbocycles. The summed E-state index contributed by atoms with van der Waals surface area (Å²) in [4.78, 5) is 24.5. The molecule has 2 rings (SSSR count). The van der Waals surface area contributed by atoms with Crippen molar-refractivity contribution in [3.05, 3.63) is 62.7 Å². The Bertz CT molecular complexity index is 787. The molecule has 1 amide bonds. The minimum absolute atomic E-state index is 0.0803. The third-order valence-corrected chi connectivity index (χ3v) is 3.96. The standard InChI is InChI=1S/C17H17ClN2O5/c1-19(10-12-6-13(20(22)23)4-5-16(12)18)17(21)11-7-14(24-2)9-15(8-11)25-3/h4-9H,10H2,1-3H3. The second-order valence-electron chi connectivity index (χ2n) is 5.30. The number of nitro groups is 1. The highest BCUT2D eigenvalue weighted by atomic mass is 35.5. The fraction of sp³-hybridized carbons (Fsp3) is 0.235. The zero-order valence-corrected chi connectivity index (χ0v) is 14.7. The number of nitrogens with zero attached hydrogens (tertiary/aromatic N) is 2. The third-order valence-electron chi connectivity index (χ3n) is 3.59. The van der Waals surface area contributed by atoms with Crippen LogP contribution in [0.2, 0.25) is 5.02 Å². The number of amides is 1. The number of hydrogen-bond donors (Lipinski definition) is 0. The second-order valence-corrected chi connectivity index (χ2v) is 5.70. The number of hydrogen-bond acceptors (Lipinski definition) is 5. The summed E-state index contributed by atoms with van der Waals surface area (Å²) in [5.41, 5.74) is 0.783. The van der Waals surface area contributed by atoms with Crippen molar-refractivity contribution in [2.45, 2.75) is 6.54 Å². The van der Waals surface area contributed by atoms with Crippen LogP contribution in [0.15, 0.2) is 36.4 Å². The van der Waals surface area contributed by atoms with Crippen molar-refractivity contribution in [3.63, 3.8) is 0 Å². The lowest BCUT2D eigenvalue weighted by molar-refractivity contribution is -0.384. The maximum absolute atomic E-state index is 12.7. The molecule has 0 saturated heterocycles. The lowest BCUT2D eigenvalue weighted by Crippen LogP contribution is -2.26. The summed E-state index contributed by atoms with van der Waals surface area (Å²) in [5, 5.41) is 11.3. The number of non-ortho nitro benzene ring substituents is 1. The van der Waals surface area contributed by atoms with Gasteiger partial charge in [-0.25, -0.2) is 0 Å². The summed E-state index contributed by atoms with van der Waals surface area (Å²) in [6, 6.07) is 8.97. The fourth-order valence-corrected chi connectivity index (χ4v) is 2.45. The maximum Gasteiger partial charge on any atom is 0.269 e. The van der Waals surface area contributed by atoms with E-state index in [0.717, 1.165) is 0 Å². The highest BCUT2D eigenvalue weighted by Crippen LogP contribution is 2.26. The Morgan fingerprint density at radius 3 is 2.28 bits per heavy atom. The van der Waals surface area contributed by atoms with E-state index in [9.17, 15) is 14.9 Å². The summed E-state index contributed by atoms with van der Waals surface area (Å²) < 4.78 is 10.3. The van der Waals surface area contributed by atoms with Crippen LogP contribution in [0.1, 0.15) is 15.9 Å². The van der Waals surface area contributed by atoms with Gasteiger partial charge in [0.2, 0.25) is 0 Å². The Labute approximate surface area is 149 Å². The van der Waals surface area contributed by atoms with Gasteiger partial charge in [-0.2, -0.15) is 0 Å². The molecule has 0 spiro atoms. The highest BCUT2D eigenvalue weighted by molar-refractivity contribution is 6.31. The highest BCUT2D eigenvalue weighted by Gasteiger charge is 2.17. The normalized spacial score (nSPS) is 10.2. The molecular weight excluding hydrogens is 348 g/mol. The molecule has 0 aromatic heterocycles. The number of rotatable bonds is 6. The van der Waals surface area contributed by atoms with Gasteiger partial charge in [0.1, 0.15) is 11.5 Å². The smallest absolute Gasteiger partial charge is 0.269 e. The van der Waals surface area contributed by atoms with Gasteiger partial charge in [-0.15, -0.1) is 0 Å². The first kappa shape index (κ1) is 18.5. The van der Waals surface area contributed by atoms with Crippen LogP contribution in [0.3, 0.4) is 0 Å². The molecule has 0 aliphatic rings. The number of methoxy groups -OCH3 is 2. The monoisotopic (exact) mass is 364 g/mol. The zero-order valence-electron chi connectivity index (χ0n) is 14.0. The summed E-state index contributed by atoms with van der Waals surface area (Å²) in [6.07, 6.45) is 0. The number of carbonyl (C=O) groups excluding carboxylic acids is 1. The summed E-state index contributed by atoms with van der Waals surface area (Å²) >= 11 is 6.09. The van der Waals surface area contributed by atoms with Crippen molar-refractivity contribution in [1.82, 2.24) is 4.90 Å². The van der Waals surface area contributed by atoms with Crippen molar-refractivity contribution < 1.29 is 19.2 Å². The quantitative estimate of drug-likeness (QED) is 0.578. The SMILES string of the molecule is COc1cc(OC)cc(C(=O)N(C)Cc2cc([N+](=O)[O-])ccc2Cl)c1. The number of halogens is 1. The molecule has 0 bridgehead atoms. The Kier molecular flexibility index (Phi) is 5.82. The molecule has 2 aromatic rings. The molecule has 0 saturated carbocycles. The van der Waals surface area contributed by atoms with E-state index < -0.39 is 4.92 Å². The predicted molar refractivity (Wildman–Crippen MR) is 93.4 cm³/mol. The van der Waals surface area contributed by atoms with E-state index in [1.165, 1.54) is 37.3 Å². The van der Waals surface area contributed by atoms with Gasteiger partial charge in [0.25, 0.3) is 11.6 Å². The van der Waals surface area contributed by atoms with Crippen LogP contribution in [-0.4, -0.2) is 37.0 Å². The molecule has 0 aliphatic heterocycles. The van der Waals surface area contributed by atoms with Gasteiger partial charge >= 0.3 is 0 Å². The van der Waals surface area contributed by atoms with E-state index in [-0.39, 0.29) is 18.1 Å². The van der Waals surface area contributed by atoms with Crippen LogP contribution >= 0.6 is 11.6 Å². The van der Waals surface area contributed by atoms with Crippen LogP contribution in [0, 0.1) is 10.1 Å². The van der Waals surface area contributed by atoms with E-state index in [2.05, 4.69) is 0 Å². The van der Waals surface area contributed by atoms with Crippen molar-refractivity contribution in [2.75, 3.05) is 21.3 Å². The van der Waals surface area contributed by atoms with Crippen LogP contribution in [0.4, 0.5) is 5.69 Å². The molecule has 0 unspecified atom stereocenters. The Morgan fingerprint density at radius 2 is 1.76 bits per heavy atom. The summed E-state index contributed by atoms with van der Waals surface area (Å²) in [7, 11) is 4.58. The molecule has 132 valence electrons. The van der Waals surface area contributed by atoms with Crippen LogP contribution in [0.25, 0.3) is 0 Å². The summed E-state index contributed by atoms with van der Waals surface area (Å²) in [5.74, 6) is 0.689. The van der Waals surface area contributed by atoms with Gasteiger partial charge in [-0.1, -0.05) is 11.6 Å². The first-order valence-corrected chi connectivity index (χ1v) is 7.65. The Hall–Kier alpha value is -2.80. The van der Waals surface area contributed by atoms with Crippen molar-refractivity contribution in [2.24, 2.45) is 0 Å². The minimum Gasteiger partial charge on any atom is -0.497 e. The van der Waals surface area contributed by atoms with Crippen molar-refractivity contribution in [1.29, 1.82) is 0 Å². The lowest BCUT2D eigenvalue weighted by Gasteiger charge is -2.19. The molecule has 8 heteroatoms. The van der Waals surface area contributed by atoms with Gasteiger partial charge < -0.3 is 14.4 Å². The van der Waals surface area contributed by atoms with E-state index >= 15 is 0 Å². The molecule has 7 nitrogen and oxygen atoms in total. The number of nitro benzene ring substituents is 1. The number of benzene rings is 2.